The first-order chi connectivity index (χ1) is 8.52. The molecule has 0 aliphatic carbocycles. The normalized spacial score (nSPS) is 23.8. The summed E-state index contributed by atoms with van der Waals surface area (Å²) in [6.45, 7) is 6.97. The number of nitriles is 1. The number of nitrogens with zero attached hydrogens (tertiary/aromatic N) is 3. The Balaban J connectivity index is 2.42. The van der Waals surface area contributed by atoms with Crippen molar-refractivity contribution >= 4 is 5.82 Å². The zero-order valence-electron chi connectivity index (χ0n) is 11.3. The summed E-state index contributed by atoms with van der Waals surface area (Å²) in [4.78, 5) is 6.79. The Kier molecular flexibility index (Phi) is 3.53. The van der Waals surface area contributed by atoms with E-state index in [9.17, 15) is 5.26 Å². The van der Waals surface area contributed by atoms with Crippen molar-refractivity contribution in [3.63, 3.8) is 0 Å². The van der Waals surface area contributed by atoms with Crippen molar-refractivity contribution in [3.05, 3.63) is 22.9 Å². The minimum atomic E-state index is 0.271. The van der Waals surface area contributed by atoms with Gasteiger partial charge in [-0.3, -0.25) is 0 Å². The molecule has 4 nitrogen and oxygen atoms in total. The molecule has 0 amide bonds. The highest BCUT2D eigenvalue weighted by Gasteiger charge is 2.26. The maximum Gasteiger partial charge on any atom is 0.147 e. The first kappa shape index (κ1) is 12.8. The van der Waals surface area contributed by atoms with Crippen molar-refractivity contribution in [2.75, 3.05) is 11.4 Å². The monoisotopic (exact) mass is 244 g/mol. The van der Waals surface area contributed by atoms with Gasteiger partial charge in [-0.2, -0.15) is 5.26 Å². The molecule has 1 saturated heterocycles. The zero-order valence-corrected chi connectivity index (χ0v) is 11.3. The van der Waals surface area contributed by atoms with Crippen LogP contribution in [-0.2, 0) is 0 Å². The van der Waals surface area contributed by atoms with Gasteiger partial charge >= 0.3 is 0 Å². The van der Waals surface area contributed by atoms with Crippen molar-refractivity contribution in [3.8, 4) is 6.07 Å². The fourth-order valence-corrected chi connectivity index (χ4v) is 2.69. The molecule has 0 saturated carbocycles. The van der Waals surface area contributed by atoms with Crippen LogP contribution in [0.15, 0.2) is 6.07 Å². The number of nitrogens with two attached hydrogens (primary N) is 1. The molecule has 96 valence electrons. The van der Waals surface area contributed by atoms with Crippen LogP contribution in [0.4, 0.5) is 5.82 Å². The molecule has 2 heterocycles. The van der Waals surface area contributed by atoms with Gasteiger partial charge in [0, 0.05) is 24.3 Å². The first-order valence-electron chi connectivity index (χ1n) is 6.43. The van der Waals surface area contributed by atoms with Gasteiger partial charge in [-0.1, -0.05) is 0 Å². The van der Waals surface area contributed by atoms with E-state index in [4.69, 9.17) is 5.73 Å². The van der Waals surface area contributed by atoms with Gasteiger partial charge in [-0.15, -0.1) is 0 Å². The Morgan fingerprint density at radius 2 is 2.22 bits per heavy atom. The second kappa shape index (κ2) is 4.95. The first-order valence-corrected chi connectivity index (χ1v) is 6.43. The average molecular weight is 244 g/mol. The second-order valence-electron chi connectivity index (χ2n) is 5.22. The van der Waals surface area contributed by atoms with Crippen molar-refractivity contribution in [2.45, 2.75) is 45.7 Å². The van der Waals surface area contributed by atoms with Gasteiger partial charge < -0.3 is 10.6 Å². The molecular formula is C14H20N4. The summed E-state index contributed by atoms with van der Waals surface area (Å²) in [5.41, 5.74) is 8.64. The molecule has 18 heavy (non-hydrogen) atoms. The van der Waals surface area contributed by atoms with Crippen molar-refractivity contribution < 1.29 is 0 Å². The number of rotatable bonds is 1. The van der Waals surface area contributed by atoms with Crippen LogP contribution in [0.3, 0.4) is 0 Å². The second-order valence-corrected chi connectivity index (χ2v) is 5.22. The third-order valence-corrected chi connectivity index (χ3v) is 3.63. The zero-order chi connectivity index (χ0) is 13.3. The standard InChI is InChI=1S/C14H20N4/c1-9-6-10(2)17-14(13(9)8-15)18-5-4-12(16)7-11(18)3/h6,11-12H,4-5,7,16H2,1-3H3. The van der Waals surface area contributed by atoms with Gasteiger partial charge in [0.25, 0.3) is 0 Å². The summed E-state index contributed by atoms with van der Waals surface area (Å²) in [5.74, 6) is 0.828. The molecule has 2 atom stereocenters. The number of piperidine rings is 1. The fraction of sp³-hybridized carbons (Fsp3) is 0.571. The van der Waals surface area contributed by atoms with Gasteiger partial charge in [0.1, 0.15) is 11.9 Å². The van der Waals surface area contributed by atoms with Crippen LogP contribution in [0.5, 0.6) is 0 Å². The van der Waals surface area contributed by atoms with E-state index in [2.05, 4.69) is 22.9 Å². The Labute approximate surface area is 108 Å². The molecule has 0 spiro atoms. The molecule has 0 aromatic carbocycles. The van der Waals surface area contributed by atoms with E-state index in [0.717, 1.165) is 36.5 Å². The van der Waals surface area contributed by atoms with Crippen molar-refractivity contribution in [2.24, 2.45) is 5.73 Å². The lowest BCUT2D eigenvalue weighted by Crippen LogP contribution is -2.46. The maximum absolute atomic E-state index is 9.32. The van der Waals surface area contributed by atoms with Crippen LogP contribution in [0.25, 0.3) is 0 Å². The lowest BCUT2D eigenvalue weighted by molar-refractivity contribution is 0.427. The Morgan fingerprint density at radius 1 is 1.50 bits per heavy atom. The third-order valence-electron chi connectivity index (χ3n) is 3.63. The largest absolute Gasteiger partial charge is 0.353 e. The molecule has 0 bridgehead atoms. The molecule has 0 radical (unpaired) electrons. The fourth-order valence-electron chi connectivity index (χ4n) is 2.69. The van der Waals surface area contributed by atoms with Crippen LogP contribution in [0.1, 0.15) is 36.6 Å². The van der Waals surface area contributed by atoms with Crippen molar-refractivity contribution in [1.29, 1.82) is 5.26 Å². The lowest BCUT2D eigenvalue weighted by Gasteiger charge is -2.38. The molecule has 2 N–H and O–H groups in total. The summed E-state index contributed by atoms with van der Waals surface area (Å²) in [6.07, 6.45) is 1.92. The highest BCUT2D eigenvalue weighted by molar-refractivity contribution is 5.58. The van der Waals surface area contributed by atoms with E-state index in [1.54, 1.807) is 0 Å². The van der Waals surface area contributed by atoms with Crippen LogP contribution in [0, 0.1) is 25.2 Å². The van der Waals surface area contributed by atoms with Gasteiger partial charge in [-0.05, 0) is 45.2 Å². The van der Waals surface area contributed by atoms with E-state index in [-0.39, 0.29) is 6.04 Å². The van der Waals surface area contributed by atoms with E-state index in [0.29, 0.717) is 11.6 Å². The van der Waals surface area contributed by atoms with E-state index in [1.165, 1.54) is 0 Å². The van der Waals surface area contributed by atoms with Gasteiger partial charge in [-0.25, -0.2) is 4.98 Å². The van der Waals surface area contributed by atoms with Gasteiger partial charge in [0.05, 0.1) is 5.56 Å². The molecule has 2 rings (SSSR count). The molecule has 1 aliphatic rings. The van der Waals surface area contributed by atoms with Gasteiger partial charge in [0.2, 0.25) is 0 Å². The van der Waals surface area contributed by atoms with E-state index < -0.39 is 0 Å². The number of hydrogen-bond donors (Lipinski definition) is 1. The molecule has 1 fully saturated rings. The lowest BCUT2D eigenvalue weighted by atomic mass is 9.98. The Bertz CT molecular complexity index is 489. The molecule has 1 aromatic heterocycles. The summed E-state index contributed by atoms with van der Waals surface area (Å²) in [5, 5.41) is 9.32. The minimum Gasteiger partial charge on any atom is -0.353 e. The summed E-state index contributed by atoms with van der Waals surface area (Å²) in [7, 11) is 0. The number of hydrogen-bond acceptors (Lipinski definition) is 4. The van der Waals surface area contributed by atoms with Crippen LogP contribution in [-0.4, -0.2) is 23.6 Å². The smallest absolute Gasteiger partial charge is 0.147 e. The molecule has 2 unspecified atom stereocenters. The average Bonchev–Trinajstić information content (AvgIpc) is 2.28. The molecule has 4 heteroatoms. The third kappa shape index (κ3) is 2.32. The summed E-state index contributed by atoms with van der Waals surface area (Å²) >= 11 is 0. The molecule has 1 aliphatic heterocycles. The maximum atomic E-state index is 9.32. The highest BCUT2D eigenvalue weighted by atomic mass is 15.2. The predicted molar refractivity (Wildman–Crippen MR) is 72.4 cm³/mol. The van der Waals surface area contributed by atoms with Crippen molar-refractivity contribution in [1.82, 2.24) is 4.98 Å². The quantitative estimate of drug-likeness (QED) is 0.819. The highest BCUT2D eigenvalue weighted by Crippen LogP contribution is 2.27. The number of pyridine rings is 1. The van der Waals surface area contributed by atoms with Crippen LogP contribution < -0.4 is 10.6 Å². The van der Waals surface area contributed by atoms with E-state index in [1.807, 2.05) is 19.9 Å². The van der Waals surface area contributed by atoms with Gasteiger partial charge in [0.15, 0.2) is 0 Å². The number of aromatic nitrogens is 1. The number of anilines is 1. The topological polar surface area (TPSA) is 65.9 Å². The SMILES string of the molecule is Cc1cc(C)c(C#N)c(N2CCC(N)CC2C)n1. The Morgan fingerprint density at radius 3 is 2.83 bits per heavy atom. The van der Waals surface area contributed by atoms with Crippen LogP contribution in [0.2, 0.25) is 0 Å². The van der Waals surface area contributed by atoms with E-state index >= 15 is 0 Å². The summed E-state index contributed by atoms with van der Waals surface area (Å²) < 4.78 is 0. The predicted octanol–water partition coefficient (Wildman–Crippen LogP) is 1.89. The molecule has 1 aromatic rings. The Hall–Kier alpha value is -1.60. The number of aryl methyl sites for hydroxylation is 2. The van der Waals surface area contributed by atoms with Crippen LogP contribution >= 0.6 is 0 Å². The molecular weight excluding hydrogens is 224 g/mol. The summed E-state index contributed by atoms with van der Waals surface area (Å²) in [6, 6.07) is 4.86. The minimum absolute atomic E-state index is 0.271.